The third kappa shape index (κ3) is 2.92. The highest BCUT2D eigenvalue weighted by molar-refractivity contribution is 6.34. The molecule has 1 atom stereocenters. The van der Waals surface area contributed by atoms with E-state index in [2.05, 4.69) is 15.5 Å². The minimum absolute atomic E-state index is 0.123. The number of nitrogens with zero attached hydrogens (tertiary/aromatic N) is 3. The molecule has 1 aromatic heterocycles. The maximum Gasteiger partial charge on any atom is 0.248 e. The fourth-order valence-corrected chi connectivity index (χ4v) is 2.80. The van der Waals surface area contributed by atoms with Crippen LogP contribution in [-0.2, 0) is 4.79 Å². The van der Waals surface area contributed by atoms with Gasteiger partial charge >= 0.3 is 0 Å². The molecule has 22 heavy (non-hydrogen) atoms. The fraction of sp³-hybridized carbons (Fsp3) is 0.400. The van der Waals surface area contributed by atoms with Crippen LogP contribution in [0.2, 0.25) is 5.02 Å². The molecule has 6 nitrogen and oxygen atoms in total. The molecule has 1 fully saturated rings. The van der Waals surface area contributed by atoms with Crippen molar-refractivity contribution in [2.75, 3.05) is 16.8 Å². The second kappa shape index (κ2) is 5.96. The molecule has 1 aliphatic heterocycles. The van der Waals surface area contributed by atoms with Crippen molar-refractivity contribution in [3.63, 3.8) is 0 Å². The molecular formula is C15H17ClN4O2. The van der Waals surface area contributed by atoms with E-state index in [-0.39, 0.29) is 11.9 Å². The fourth-order valence-electron chi connectivity index (χ4n) is 2.52. The van der Waals surface area contributed by atoms with Gasteiger partial charge in [-0.3, -0.25) is 4.79 Å². The van der Waals surface area contributed by atoms with Crippen LogP contribution < -0.4 is 10.2 Å². The zero-order valence-corrected chi connectivity index (χ0v) is 13.2. The van der Waals surface area contributed by atoms with E-state index < -0.39 is 0 Å². The van der Waals surface area contributed by atoms with Crippen LogP contribution in [0.5, 0.6) is 0 Å². The Bertz CT molecular complexity index is 701. The number of nitrogens with one attached hydrogen (secondary N) is 1. The Morgan fingerprint density at radius 2 is 2.27 bits per heavy atom. The van der Waals surface area contributed by atoms with Gasteiger partial charge in [-0.15, -0.1) is 0 Å². The maximum atomic E-state index is 11.8. The van der Waals surface area contributed by atoms with Gasteiger partial charge < -0.3 is 14.7 Å². The van der Waals surface area contributed by atoms with Gasteiger partial charge in [0.1, 0.15) is 6.04 Å². The number of hydrogen-bond donors (Lipinski definition) is 1. The highest BCUT2D eigenvalue weighted by Gasteiger charge is 2.23. The lowest BCUT2D eigenvalue weighted by Crippen LogP contribution is -2.24. The Kier molecular flexibility index (Phi) is 4.02. The van der Waals surface area contributed by atoms with E-state index in [0.717, 1.165) is 24.3 Å². The van der Waals surface area contributed by atoms with Crippen molar-refractivity contribution in [3.05, 3.63) is 34.9 Å². The summed E-state index contributed by atoms with van der Waals surface area (Å²) in [5.41, 5.74) is 1.60. The van der Waals surface area contributed by atoms with E-state index in [4.69, 9.17) is 16.1 Å². The molecule has 1 aliphatic rings. The van der Waals surface area contributed by atoms with Gasteiger partial charge in [-0.25, -0.2) is 0 Å². The molecule has 0 spiro atoms. The van der Waals surface area contributed by atoms with Crippen LogP contribution in [0, 0.1) is 6.92 Å². The minimum Gasteiger partial charge on any atom is -0.374 e. The Hall–Kier alpha value is -2.08. The Morgan fingerprint density at radius 3 is 2.86 bits per heavy atom. The molecule has 1 unspecified atom stereocenters. The van der Waals surface area contributed by atoms with Crippen molar-refractivity contribution >= 4 is 28.9 Å². The Labute approximate surface area is 133 Å². The second-order valence-electron chi connectivity index (χ2n) is 5.36. The zero-order chi connectivity index (χ0) is 15.7. The molecule has 1 N–H and O–H groups in total. The highest BCUT2D eigenvalue weighted by atomic mass is 35.5. The Morgan fingerprint density at radius 1 is 1.45 bits per heavy atom. The molecule has 2 heterocycles. The minimum atomic E-state index is -0.128. The number of aryl methyl sites for hydroxylation is 1. The molecule has 1 amide bonds. The number of halogens is 1. The predicted octanol–water partition coefficient (Wildman–Crippen LogP) is 3.33. The van der Waals surface area contributed by atoms with Gasteiger partial charge in [0.2, 0.25) is 11.8 Å². The van der Waals surface area contributed by atoms with Crippen LogP contribution in [0.1, 0.15) is 37.5 Å². The number of hydrogen-bond acceptors (Lipinski definition) is 5. The van der Waals surface area contributed by atoms with Gasteiger partial charge in [-0.2, -0.15) is 4.98 Å². The smallest absolute Gasteiger partial charge is 0.248 e. The summed E-state index contributed by atoms with van der Waals surface area (Å²) in [7, 11) is 0. The van der Waals surface area contributed by atoms with E-state index in [9.17, 15) is 4.79 Å². The molecular weight excluding hydrogens is 304 g/mol. The standard InChI is InChI=1S/C15H17ClN4O2/c1-9(15-18-10(2)19-22-15)17-11-5-6-13(12(16)8-11)20-7-3-4-14(20)21/h5-6,8-9,17H,3-4,7H2,1-2H3. The molecule has 1 saturated heterocycles. The third-order valence-electron chi connectivity index (χ3n) is 3.61. The van der Waals surface area contributed by atoms with Crippen LogP contribution in [0.4, 0.5) is 11.4 Å². The second-order valence-corrected chi connectivity index (χ2v) is 5.77. The number of carbonyl (C=O) groups is 1. The van der Waals surface area contributed by atoms with E-state index in [1.54, 1.807) is 11.8 Å². The topological polar surface area (TPSA) is 71.3 Å². The summed E-state index contributed by atoms with van der Waals surface area (Å²) in [5.74, 6) is 1.24. The third-order valence-corrected chi connectivity index (χ3v) is 3.91. The van der Waals surface area contributed by atoms with E-state index >= 15 is 0 Å². The first-order valence-electron chi connectivity index (χ1n) is 7.21. The number of aromatic nitrogens is 2. The predicted molar refractivity (Wildman–Crippen MR) is 84.1 cm³/mol. The molecule has 0 bridgehead atoms. The van der Waals surface area contributed by atoms with Crippen LogP contribution in [0.3, 0.4) is 0 Å². The van der Waals surface area contributed by atoms with Crippen LogP contribution in [0.25, 0.3) is 0 Å². The summed E-state index contributed by atoms with van der Waals surface area (Å²) < 4.78 is 5.14. The average molecular weight is 321 g/mol. The van der Waals surface area contributed by atoms with E-state index in [1.807, 2.05) is 25.1 Å². The van der Waals surface area contributed by atoms with Crippen molar-refractivity contribution in [2.24, 2.45) is 0 Å². The molecule has 2 aromatic rings. The number of anilines is 2. The summed E-state index contributed by atoms with van der Waals surface area (Å²) in [4.78, 5) is 17.7. The van der Waals surface area contributed by atoms with Gasteiger partial charge in [0.05, 0.1) is 10.7 Å². The number of benzene rings is 1. The number of rotatable bonds is 4. The first kappa shape index (κ1) is 14.8. The van der Waals surface area contributed by atoms with Crippen LogP contribution >= 0.6 is 11.6 Å². The monoisotopic (exact) mass is 320 g/mol. The summed E-state index contributed by atoms with van der Waals surface area (Å²) in [6, 6.07) is 5.44. The lowest BCUT2D eigenvalue weighted by atomic mass is 10.2. The first-order valence-corrected chi connectivity index (χ1v) is 7.59. The Balaban J connectivity index is 1.75. The summed E-state index contributed by atoms with van der Waals surface area (Å²) >= 11 is 6.32. The first-order chi connectivity index (χ1) is 10.5. The summed E-state index contributed by atoms with van der Waals surface area (Å²) in [6.45, 7) is 4.43. The quantitative estimate of drug-likeness (QED) is 0.935. The molecule has 116 valence electrons. The van der Waals surface area contributed by atoms with Crippen LogP contribution in [-0.4, -0.2) is 22.6 Å². The molecule has 1 aromatic carbocycles. The molecule has 0 aliphatic carbocycles. The average Bonchev–Trinajstić information content (AvgIpc) is 3.08. The van der Waals surface area contributed by atoms with Crippen molar-refractivity contribution in [3.8, 4) is 0 Å². The van der Waals surface area contributed by atoms with Gasteiger partial charge in [0, 0.05) is 18.7 Å². The number of amides is 1. The lowest BCUT2D eigenvalue weighted by Gasteiger charge is -2.19. The summed E-state index contributed by atoms with van der Waals surface area (Å²) in [6.07, 6.45) is 1.46. The largest absolute Gasteiger partial charge is 0.374 e. The van der Waals surface area contributed by atoms with Crippen molar-refractivity contribution in [1.82, 2.24) is 10.1 Å². The lowest BCUT2D eigenvalue weighted by molar-refractivity contribution is -0.117. The van der Waals surface area contributed by atoms with Gasteiger partial charge in [-0.1, -0.05) is 16.8 Å². The van der Waals surface area contributed by atoms with E-state index in [1.165, 1.54) is 0 Å². The molecule has 3 rings (SSSR count). The molecule has 7 heteroatoms. The van der Waals surface area contributed by atoms with Gasteiger partial charge in [0.15, 0.2) is 5.82 Å². The van der Waals surface area contributed by atoms with Crippen molar-refractivity contribution in [1.29, 1.82) is 0 Å². The van der Waals surface area contributed by atoms with Gasteiger partial charge in [0.25, 0.3) is 0 Å². The van der Waals surface area contributed by atoms with E-state index in [0.29, 0.717) is 23.2 Å². The maximum absolute atomic E-state index is 11.8. The number of carbonyl (C=O) groups excluding carboxylic acids is 1. The zero-order valence-electron chi connectivity index (χ0n) is 12.5. The normalized spacial score (nSPS) is 16.1. The molecule has 0 saturated carbocycles. The van der Waals surface area contributed by atoms with Crippen molar-refractivity contribution in [2.45, 2.75) is 32.7 Å². The van der Waals surface area contributed by atoms with Crippen molar-refractivity contribution < 1.29 is 9.32 Å². The SMILES string of the molecule is Cc1noc(C(C)Nc2ccc(N3CCCC3=O)c(Cl)c2)n1. The van der Waals surface area contributed by atoms with Crippen LogP contribution in [0.15, 0.2) is 22.7 Å². The highest BCUT2D eigenvalue weighted by Crippen LogP contribution is 2.32. The summed E-state index contributed by atoms with van der Waals surface area (Å²) in [5, 5.41) is 7.58. The molecule has 0 radical (unpaired) electrons. The van der Waals surface area contributed by atoms with Gasteiger partial charge in [-0.05, 0) is 38.5 Å².